The molecule has 0 saturated carbocycles. The monoisotopic (exact) mass is 834 g/mol. The lowest BCUT2D eigenvalue weighted by Gasteiger charge is -2.19. The van der Waals surface area contributed by atoms with E-state index in [1.807, 2.05) is 0 Å². The number of nitrogens with one attached hydrogen (secondary N) is 4. The summed E-state index contributed by atoms with van der Waals surface area (Å²) in [4.78, 5) is 55.2. The van der Waals surface area contributed by atoms with Gasteiger partial charge in [0.1, 0.15) is 12.2 Å². The van der Waals surface area contributed by atoms with Crippen LogP contribution in [0.4, 0.5) is 19.2 Å². The van der Waals surface area contributed by atoms with Gasteiger partial charge in [-0.25, -0.2) is 19.2 Å². The summed E-state index contributed by atoms with van der Waals surface area (Å²) in [6.45, 7) is 12.5. The van der Waals surface area contributed by atoms with Crippen LogP contribution in [0, 0.1) is 0 Å². The summed E-state index contributed by atoms with van der Waals surface area (Å²) >= 11 is 0. The zero-order valence-corrected chi connectivity index (χ0v) is 33.9. The maximum Gasteiger partial charge on any atom is 0.431 e. The Labute approximate surface area is 334 Å². The second kappa shape index (κ2) is 42.3. The molecule has 0 atom stereocenters. The molecule has 0 aromatic carbocycles. The Morgan fingerprint density at radius 3 is 1.04 bits per heavy atom. The van der Waals surface area contributed by atoms with E-state index in [4.69, 9.17) is 71.3 Å². The van der Waals surface area contributed by atoms with Crippen LogP contribution in [0.3, 0.4) is 0 Å². The van der Waals surface area contributed by atoms with Crippen LogP contribution in [0.5, 0.6) is 0 Å². The highest BCUT2D eigenvalue weighted by Gasteiger charge is 2.13. The van der Waals surface area contributed by atoms with Gasteiger partial charge in [-0.1, -0.05) is 0 Å². The summed E-state index contributed by atoms with van der Waals surface area (Å²) in [5.74, 6) is 0. The van der Waals surface area contributed by atoms with Gasteiger partial charge in [-0.3, -0.25) is 9.68 Å². The maximum atomic E-state index is 11.3. The van der Waals surface area contributed by atoms with Crippen molar-refractivity contribution in [3.63, 3.8) is 0 Å². The average Bonchev–Trinajstić information content (AvgIpc) is 3.18. The lowest BCUT2D eigenvalue weighted by atomic mass is 10.4. The zero-order chi connectivity index (χ0) is 41.9. The number of carbonyl (C=O) groups excluding carboxylic acids is 4. The van der Waals surface area contributed by atoms with E-state index >= 15 is 0 Å². The van der Waals surface area contributed by atoms with Crippen molar-refractivity contribution in [3.8, 4) is 0 Å². The van der Waals surface area contributed by atoms with E-state index in [-0.39, 0.29) is 92.5 Å². The van der Waals surface area contributed by atoms with Crippen molar-refractivity contribution < 1.29 is 90.4 Å². The first-order chi connectivity index (χ1) is 27.9. The highest BCUT2D eigenvalue weighted by Crippen LogP contribution is 1.99. The van der Waals surface area contributed by atoms with E-state index in [2.05, 4.69) is 21.6 Å². The van der Waals surface area contributed by atoms with Gasteiger partial charge in [0.05, 0.1) is 145 Å². The van der Waals surface area contributed by atoms with Gasteiger partial charge in [-0.05, 0) is 27.7 Å². The van der Waals surface area contributed by atoms with Gasteiger partial charge in [0.25, 0.3) is 0 Å². The van der Waals surface area contributed by atoms with Crippen LogP contribution in [-0.4, -0.2) is 195 Å². The number of carbonyl (C=O) groups is 4. The number of ether oxygens (including phenoxy) is 13. The lowest BCUT2D eigenvalue weighted by molar-refractivity contribution is -0.0988. The second-order valence-corrected chi connectivity index (χ2v) is 10.8. The number of hydroxylamine groups is 2. The molecule has 0 rings (SSSR count). The Bertz CT molecular complexity index is 895. The molecule has 0 aliphatic carbocycles. The summed E-state index contributed by atoms with van der Waals surface area (Å²) < 4.78 is 70.0. The van der Waals surface area contributed by atoms with Gasteiger partial charge < -0.3 is 72.2 Å². The largest absolute Gasteiger partial charge is 0.450 e. The van der Waals surface area contributed by atoms with Gasteiger partial charge in [0.2, 0.25) is 0 Å². The second-order valence-electron chi connectivity index (χ2n) is 10.8. The summed E-state index contributed by atoms with van der Waals surface area (Å²) in [5, 5.41) is 5.14. The Morgan fingerprint density at radius 1 is 0.368 bits per heavy atom. The Morgan fingerprint density at radius 2 is 0.667 bits per heavy atom. The van der Waals surface area contributed by atoms with Crippen molar-refractivity contribution >= 4 is 24.4 Å². The SMILES string of the molecule is CCOC(=O)NCCOCCOCC(COCCOCCNC(=O)OCC)OCCOCCOC(COCCONC(=O)OCC)COCCONC(=O)OCC. The minimum Gasteiger partial charge on any atom is -0.450 e. The first-order valence-electron chi connectivity index (χ1n) is 19.0. The van der Waals surface area contributed by atoms with Crippen molar-refractivity contribution in [3.05, 3.63) is 0 Å². The maximum absolute atomic E-state index is 11.3. The highest BCUT2D eigenvalue weighted by molar-refractivity contribution is 5.67. The first-order valence-corrected chi connectivity index (χ1v) is 19.0. The molecule has 0 heterocycles. The Balaban J connectivity index is 4.56. The standard InChI is InChI=1S/C34H66N4O19/c1-5-50-31(39)35-9-11-43-13-15-46-25-29(26-47-16-14-44-12-10-36-32(40)51-6-2)54-21-17-45-18-22-55-30(27-48-19-23-56-37-33(41)52-7-3)28-49-20-24-57-38-34(42)53-8-4/h29-30H,5-28H2,1-4H3,(H,35,39)(H,36,40)(H,37,41)(H,38,42). The van der Waals surface area contributed by atoms with Gasteiger partial charge in [-0.2, -0.15) is 11.0 Å². The normalized spacial score (nSPS) is 11.1. The van der Waals surface area contributed by atoms with Crippen molar-refractivity contribution in [2.45, 2.75) is 39.9 Å². The van der Waals surface area contributed by atoms with Crippen LogP contribution < -0.4 is 21.6 Å². The number of alkyl carbamates (subject to hydrolysis) is 2. The molecule has 57 heavy (non-hydrogen) atoms. The van der Waals surface area contributed by atoms with Crippen LogP contribution in [-0.2, 0) is 71.3 Å². The fraction of sp³-hybridized carbons (Fsp3) is 0.882. The van der Waals surface area contributed by atoms with Gasteiger partial charge in [0.15, 0.2) is 0 Å². The summed E-state index contributed by atoms with van der Waals surface area (Å²) in [5.41, 5.74) is 4.26. The number of hydrogen-bond acceptors (Lipinski definition) is 19. The smallest absolute Gasteiger partial charge is 0.431 e. The number of amides is 4. The minimum atomic E-state index is -0.699. The molecule has 23 nitrogen and oxygen atoms in total. The number of hydrogen-bond donors (Lipinski definition) is 4. The van der Waals surface area contributed by atoms with Gasteiger partial charge in [-0.15, -0.1) is 0 Å². The van der Waals surface area contributed by atoms with Gasteiger partial charge in [0, 0.05) is 13.1 Å². The summed E-state index contributed by atoms with van der Waals surface area (Å²) in [7, 11) is 0. The molecule has 0 aliphatic heterocycles. The average molecular weight is 835 g/mol. The molecular formula is C34H66N4O19. The molecular weight excluding hydrogens is 768 g/mol. The molecule has 0 aromatic rings. The predicted molar refractivity (Wildman–Crippen MR) is 197 cm³/mol. The van der Waals surface area contributed by atoms with E-state index in [1.54, 1.807) is 27.7 Å². The Hall–Kier alpha value is -3.36. The third-order valence-corrected chi connectivity index (χ3v) is 6.23. The molecule has 0 aliphatic rings. The fourth-order valence-electron chi connectivity index (χ4n) is 3.79. The van der Waals surface area contributed by atoms with Crippen LogP contribution in [0.15, 0.2) is 0 Å². The summed E-state index contributed by atoms with van der Waals surface area (Å²) in [6.07, 6.45) is -3.28. The van der Waals surface area contributed by atoms with Crippen LogP contribution >= 0.6 is 0 Å². The molecule has 0 bridgehead atoms. The molecule has 0 fully saturated rings. The topological polar surface area (TPSA) is 255 Å². The number of rotatable bonds is 40. The van der Waals surface area contributed by atoms with E-state index < -0.39 is 36.6 Å². The Kier molecular flexibility index (Phi) is 39.8. The van der Waals surface area contributed by atoms with E-state index in [0.29, 0.717) is 65.9 Å². The van der Waals surface area contributed by atoms with Crippen LogP contribution in [0.2, 0.25) is 0 Å². The van der Waals surface area contributed by atoms with Gasteiger partial charge >= 0.3 is 24.4 Å². The van der Waals surface area contributed by atoms with Crippen molar-refractivity contribution in [2.24, 2.45) is 0 Å². The van der Waals surface area contributed by atoms with Crippen molar-refractivity contribution in [1.82, 2.24) is 21.6 Å². The molecule has 0 aromatic heterocycles. The molecule has 0 saturated heterocycles. The molecule has 4 amide bonds. The highest BCUT2D eigenvalue weighted by atomic mass is 16.7. The van der Waals surface area contributed by atoms with E-state index in [9.17, 15) is 19.2 Å². The third kappa shape index (κ3) is 39.3. The minimum absolute atomic E-state index is 0.0774. The zero-order valence-electron chi connectivity index (χ0n) is 33.9. The summed E-state index contributed by atoms with van der Waals surface area (Å²) in [6, 6.07) is 0. The van der Waals surface area contributed by atoms with Crippen molar-refractivity contribution in [1.29, 1.82) is 0 Å². The molecule has 0 spiro atoms. The van der Waals surface area contributed by atoms with E-state index in [0.717, 1.165) is 0 Å². The van der Waals surface area contributed by atoms with E-state index in [1.165, 1.54) is 0 Å². The molecule has 0 radical (unpaired) electrons. The fourth-order valence-corrected chi connectivity index (χ4v) is 3.79. The molecule has 23 heteroatoms. The van der Waals surface area contributed by atoms with Crippen LogP contribution in [0.25, 0.3) is 0 Å². The molecule has 4 N–H and O–H groups in total. The lowest BCUT2D eigenvalue weighted by Crippen LogP contribution is -2.31. The van der Waals surface area contributed by atoms with Crippen LogP contribution in [0.1, 0.15) is 27.7 Å². The van der Waals surface area contributed by atoms with Crippen molar-refractivity contribution in [2.75, 3.05) is 158 Å². The molecule has 336 valence electrons. The quantitative estimate of drug-likeness (QED) is 0.0377. The molecule has 0 unspecified atom stereocenters. The third-order valence-electron chi connectivity index (χ3n) is 6.23. The predicted octanol–water partition coefficient (Wildman–Crippen LogP) is 0.721. The first kappa shape index (κ1) is 53.6.